The van der Waals surface area contributed by atoms with Gasteiger partial charge in [-0.05, 0) is 56.2 Å². The Labute approximate surface area is 175 Å². The molecule has 2 N–H and O–H groups in total. The fourth-order valence-electron chi connectivity index (χ4n) is 3.11. The van der Waals surface area contributed by atoms with E-state index in [-0.39, 0.29) is 4.75 Å². The first-order valence-corrected chi connectivity index (χ1v) is 10.6. The second kappa shape index (κ2) is 10.3. The predicted molar refractivity (Wildman–Crippen MR) is 114 cm³/mol. The SMILES string of the molecule is CCOc1ccc(NC(=O)C(=O)NCC2(Sc3ccccc3)CCOCC2)cc1. The van der Waals surface area contributed by atoms with Gasteiger partial charge in [-0.2, -0.15) is 0 Å². The van der Waals surface area contributed by atoms with Gasteiger partial charge in [-0.1, -0.05) is 18.2 Å². The van der Waals surface area contributed by atoms with Crippen molar-refractivity contribution in [3.8, 4) is 5.75 Å². The Morgan fingerprint density at radius 2 is 1.72 bits per heavy atom. The van der Waals surface area contributed by atoms with Gasteiger partial charge in [0.1, 0.15) is 5.75 Å². The van der Waals surface area contributed by atoms with E-state index in [1.54, 1.807) is 36.0 Å². The Morgan fingerprint density at radius 1 is 1.03 bits per heavy atom. The molecule has 7 heteroatoms. The van der Waals surface area contributed by atoms with E-state index in [9.17, 15) is 9.59 Å². The molecule has 0 bridgehead atoms. The summed E-state index contributed by atoms with van der Waals surface area (Å²) in [4.78, 5) is 25.8. The minimum Gasteiger partial charge on any atom is -0.494 e. The van der Waals surface area contributed by atoms with E-state index < -0.39 is 11.8 Å². The number of carbonyl (C=O) groups is 2. The standard InChI is InChI=1S/C22H26N2O4S/c1-2-28-18-10-8-17(9-11-18)24-21(26)20(25)23-16-22(12-14-27-15-13-22)29-19-6-4-3-5-7-19/h3-11H,2,12-16H2,1H3,(H,23,25)(H,24,26). The van der Waals surface area contributed by atoms with Crippen LogP contribution in [0.5, 0.6) is 5.75 Å². The zero-order valence-corrected chi connectivity index (χ0v) is 17.3. The number of ether oxygens (including phenoxy) is 2. The molecule has 6 nitrogen and oxygen atoms in total. The van der Waals surface area contributed by atoms with E-state index in [1.807, 2.05) is 25.1 Å². The molecule has 2 aromatic rings. The largest absolute Gasteiger partial charge is 0.494 e. The van der Waals surface area contributed by atoms with Crippen molar-refractivity contribution in [1.29, 1.82) is 0 Å². The van der Waals surface area contributed by atoms with Crippen LogP contribution in [0.25, 0.3) is 0 Å². The molecule has 0 aromatic heterocycles. The van der Waals surface area contributed by atoms with Crippen LogP contribution in [0.1, 0.15) is 19.8 Å². The average molecular weight is 415 g/mol. The Balaban J connectivity index is 1.57. The van der Waals surface area contributed by atoms with Gasteiger partial charge in [-0.25, -0.2) is 0 Å². The molecule has 1 fully saturated rings. The quantitative estimate of drug-likeness (QED) is 0.679. The van der Waals surface area contributed by atoms with Gasteiger partial charge in [0.15, 0.2) is 0 Å². The molecule has 1 heterocycles. The van der Waals surface area contributed by atoms with Gasteiger partial charge in [0.25, 0.3) is 0 Å². The summed E-state index contributed by atoms with van der Waals surface area (Å²) in [5.74, 6) is -0.603. The average Bonchev–Trinajstić information content (AvgIpc) is 2.75. The summed E-state index contributed by atoms with van der Waals surface area (Å²) in [5, 5.41) is 5.44. The van der Waals surface area contributed by atoms with Gasteiger partial charge in [-0.15, -0.1) is 11.8 Å². The van der Waals surface area contributed by atoms with Crippen LogP contribution in [0.3, 0.4) is 0 Å². The van der Waals surface area contributed by atoms with Crippen molar-refractivity contribution in [2.24, 2.45) is 0 Å². The van der Waals surface area contributed by atoms with Crippen molar-refractivity contribution in [1.82, 2.24) is 5.32 Å². The Hall–Kier alpha value is -2.51. The van der Waals surface area contributed by atoms with Gasteiger partial charge in [0.2, 0.25) is 0 Å². The number of amides is 2. The molecule has 154 valence electrons. The van der Waals surface area contributed by atoms with Crippen LogP contribution in [-0.4, -0.2) is 42.9 Å². The van der Waals surface area contributed by atoms with Gasteiger partial charge < -0.3 is 20.1 Å². The van der Waals surface area contributed by atoms with E-state index in [0.717, 1.165) is 17.7 Å². The first kappa shape index (κ1) is 21.2. The lowest BCUT2D eigenvalue weighted by Crippen LogP contribution is -2.47. The van der Waals surface area contributed by atoms with Crippen molar-refractivity contribution < 1.29 is 19.1 Å². The molecule has 0 radical (unpaired) electrons. The highest BCUT2D eigenvalue weighted by Crippen LogP contribution is 2.40. The molecule has 29 heavy (non-hydrogen) atoms. The molecule has 1 aliphatic heterocycles. The molecule has 0 unspecified atom stereocenters. The van der Waals surface area contributed by atoms with E-state index in [2.05, 4.69) is 22.8 Å². The molecular weight excluding hydrogens is 388 g/mol. The van der Waals surface area contributed by atoms with Gasteiger partial charge in [0.05, 0.1) is 6.61 Å². The Morgan fingerprint density at radius 3 is 2.38 bits per heavy atom. The smallest absolute Gasteiger partial charge is 0.313 e. The summed E-state index contributed by atoms with van der Waals surface area (Å²) in [6.45, 7) is 4.18. The highest BCUT2D eigenvalue weighted by atomic mass is 32.2. The van der Waals surface area contributed by atoms with Crippen molar-refractivity contribution in [3.63, 3.8) is 0 Å². The molecular formula is C22H26N2O4S. The molecule has 0 saturated carbocycles. The first-order chi connectivity index (χ1) is 14.1. The van der Waals surface area contributed by atoms with Gasteiger partial charge in [-0.3, -0.25) is 9.59 Å². The summed E-state index contributed by atoms with van der Waals surface area (Å²) in [5.41, 5.74) is 0.549. The summed E-state index contributed by atoms with van der Waals surface area (Å²) in [6.07, 6.45) is 1.63. The molecule has 0 aliphatic carbocycles. The summed E-state index contributed by atoms with van der Waals surface area (Å²) < 4.78 is 10.7. The van der Waals surface area contributed by atoms with Crippen molar-refractivity contribution in [3.05, 3.63) is 54.6 Å². The lowest BCUT2D eigenvalue weighted by atomic mass is 9.99. The molecule has 2 aromatic carbocycles. The second-order valence-electron chi connectivity index (χ2n) is 6.80. The summed E-state index contributed by atoms with van der Waals surface area (Å²) >= 11 is 1.74. The number of thioether (sulfide) groups is 1. The second-order valence-corrected chi connectivity index (χ2v) is 8.35. The van der Waals surface area contributed by atoms with Crippen molar-refractivity contribution >= 4 is 29.3 Å². The Kier molecular flexibility index (Phi) is 7.55. The van der Waals surface area contributed by atoms with E-state index in [4.69, 9.17) is 9.47 Å². The maximum Gasteiger partial charge on any atom is 0.313 e. The number of hydrogen-bond donors (Lipinski definition) is 2. The van der Waals surface area contributed by atoms with E-state index >= 15 is 0 Å². The molecule has 2 amide bonds. The first-order valence-electron chi connectivity index (χ1n) is 9.74. The van der Waals surface area contributed by atoms with Gasteiger partial charge >= 0.3 is 11.8 Å². The van der Waals surface area contributed by atoms with Crippen LogP contribution in [0, 0.1) is 0 Å². The molecule has 0 atom stereocenters. The number of anilines is 1. The molecule has 3 rings (SSSR count). The number of nitrogens with one attached hydrogen (secondary N) is 2. The Bertz CT molecular complexity index is 805. The summed E-state index contributed by atoms with van der Waals surface area (Å²) in [6, 6.07) is 17.0. The monoisotopic (exact) mass is 414 g/mol. The fourth-order valence-corrected chi connectivity index (χ4v) is 4.42. The summed E-state index contributed by atoms with van der Waals surface area (Å²) in [7, 11) is 0. The minimum absolute atomic E-state index is 0.186. The van der Waals surface area contributed by atoms with Crippen molar-refractivity contribution in [2.75, 3.05) is 31.7 Å². The van der Waals surface area contributed by atoms with Crippen LogP contribution in [-0.2, 0) is 14.3 Å². The fraction of sp³-hybridized carbons (Fsp3) is 0.364. The number of benzene rings is 2. The highest BCUT2D eigenvalue weighted by Gasteiger charge is 2.34. The maximum atomic E-state index is 12.4. The highest BCUT2D eigenvalue weighted by molar-refractivity contribution is 8.00. The molecule has 1 aliphatic rings. The lowest BCUT2D eigenvalue weighted by Gasteiger charge is -2.36. The van der Waals surface area contributed by atoms with Crippen LogP contribution >= 0.6 is 11.8 Å². The van der Waals surface area contributed by atoms with Gasteiger partial charge in [0, 0.05) is 35.1 Å². The zero-order chi connectivity index (χ0) is 20.5. The molecule has 0 spiro atoms. The number of carbonyl (C=O) groups excluding carboxylic acids is 2. The molecule has 1 saturated heterocycles. The zero-order valence-electron chi connectivity index (χ0n) is 16.5. The number of hydrogen-bond acceptors (Lipinski definition) is 5. The lowest BCUT2D eigenvalue weighted by molar-refractivity contribution is -0.136. The van der Waals surface area contributed by atoms with Crippen LogP contribution in [0.15, 0.2) is 59.5 Å². The van der Waals surface area contributed by atoms with E-state index in [0.29, 0.717) is 37.8 Å². The van der Waals surface area contributed by atoms with E-state index in [1.165, 1.54) is 0 Å². The maximum absolute atomic E-state index is 12.4. The van der Waals surface area contributed by atoms with Crippen LogP contribution in [0.2, 0.25) is 0 Å². The number of rotatable bonds is 7. The minimum atomic E-state index is -0.680. The normalized spacial score (nSPS) is 15.3. The van der Waals surface area contributed by atoms with Crippen LogP contribution < -0.4 is 15.4 Å². The third-order valence-electron chi connectivity index (χ3n) is 4.68. The van der Waals surface area contributed by atoms with Crippen molar-refractivity contribution in [2.45, 2.75) is 29.4 Å². The third-order valence-corrected chi connectivity index (χ3v) is 6.18. The van der Waals surface area contributed by atoms with Crippen LogP contribution in [0.4, 0.5) is 5.69 Å². The third kappa shape index (κ3) is 6.24. The topological polar surface area (TPSA) is 76.7 Å². The predicted octanol–water partition coefficient (Wildman–Crippen LogP) is 3.48.